The first-order valence-corrected chi connectivity index (χ1v) is 10.3. The Morgan fingerprint density at radius 2 is 1.81 bits per heavy atom. The van der Waals surface area contributed by atoms with Crippen LogP contribution in [0, 0.1) is 0 Å². The molecular weight excluding hydrogens is 449 g/mol. The minimum absolute atomic E-state index is 0.0878. The third kappa shape index (κ3) is 6.35. The molecular formula is C22H26ClF3N2O4. The second kappa shape index (κ2) is 11.0. The Kier molecular flexibility index (Phi) is 8.91. The lowest BCUT2D eigenvalue weighted by atomic mass is 9.93. The number of esters is 1. The molecule has 4 N–H and O–H groups in total. The maximum Gasteiger partial charge on any atom is 0.432 e. The van der Waals surface area contributed by atoms with Crippen LogP contribution in [0.15, 0.2) is 48.5 Å². The zero-order valence-electron chi connectivity index (χ0n) is 17.6. The highest BCUT2D eigenvalue weighted by Crippen LogP contribution is 2.40. The van der Waals surface area contributed by atoms with Gasteiger partial charge in [-0.05, 0) is 43.7 Å². The van der Waals surface area contributed by atoms with E-state index in [9.17, 15) is 28.2 Å². The highest BCUT2D eigenvalue weighted by Gasteiger charge is 2.62. The Morgan fingerprint density at radius 1 is 1.16 bits per heavy atom. The van der Waals surface area contributed by atoms with E-state index in [0.29, 0.717) is 22.8 Å². The van der Waals surface area contributed by atoms with Gasteiger partial charge in [0.25, 0.3) is 5.60 Å². The lowest BCUT2D eigenvalue weighted by Crippen LogP contribution is -2.50. The Labute approximate surface area is 189 Å². The van der Waals surface area contributed by atoms with Crippen molar-refractivity contribution in [1.29, 1.82) is 0 Å². The van der Waals surface area contributed by atoms with Crippen LogP contribution in [0.3, 0.4) is 0 Å². The lowest BCUT2D eigenvalue weighted by Gasteiger charge is -2.28. The molecule has 2 aromatic carbocycles. The minimum atomic E-state index is -5.24. The van der Waals surface area contributed by atoms with Gasteiger partial charge >= 0.3 is 12.1 Å². The fourth-order valence-electron chi connectivity index (χ4n) is 2.95. The molecule has 10 heteroatoms. The van der Waals surface area contributed by atoms with Gasteiger partial charge in [-0.3, -0.25) is 0 Å². The number of alkyl halides is 3. The van der Waals surface area contributed by atoms with E-state index < -0.39 is 29.4 Å². The summed E-state index contributed by atoms with van der Waals surface area (Å²) in [6.07, 6.45) is -5.99. The van der Waals surface area contributed by atoms with Crippen LogP contribution in [0.1, 0.15) is 31.1 Å². The van der Waals surface area contributed by atoms with Gasteiger partial charge in [0.05, 0.1) is 12.7 Å². The predicted octanol–water partition coefficient (Wildman–Crippen LogP) is 3.78. The standard InChI is InChI=1S/C22H26ClF3N2O4/c1-3-32-20(30)21(31,22(24,25)26)16-7-9-18(10-8-16)28-12-14(2)27-13-19(29)15-5-4-6-17(23)11-15/h4-11,14,19,27-29,31H,3,12-13H2,1-2H3/t14-,19+,21?/m1/s1. The molecule has 0 aliphatic carbocycles. The van der Waals surface area contributed by atoms with Gasteiger partial charge in [-0.1, -0.05) is 35.9 Å². The van der Waals surface area contributed by atoms with E-state index in [1.54, 1.807) is 24.3 Å². The van der Waals surface area contributed by atoms with Crippen molar-refractivity contribution in [3.8, 4) is 0 Å². The molecule has 0 amide bonds. The van der Waals surface area contributed by atoms with E-state index in [0.717, 1.165) is 12.1 Å². The normalized spacial score (nSPS) is 15.5. The van der Waals surface area contributed by atoms with Crippen molar-refractivity contribution in [2.75, 3.05) is 25.0 Å². The second-order valence-corrected chi connectivity index (χ2v) is 7.70. The monoisotopic (exact) mass is 474 g/mol. The van der Waals surface area contributed by atoms with Gasteiger partial charge in [0, 0.05) is 35.4 Å². The summed E-state index contributed by atoms with van der Waals surface area (Å²) in [6, 6.07) is 11.5. The molecule has 2 rings (SSSR count). The van der Waals surface area contributed by atoms with Gasteiger partial charge in [-0.2, -0.15) is 13.2 Å². The molecule has 32 heavy (non-hydrogen) atoms. The van der Waals surface area contributed by atoms with Crippen molar-refractivity contribution in [1.82, 2.24) is 5.32 Å². The van der Waals surface area contributed by atoms with E-state index in [-0.39, 0.29) is 19.2 Å². The number of carbonyl (C=O) groups excluding carboxylic acids is 1. The topological polar surface area (TPSA) is 90.8 Å². The molecule has 0 aliphatic heterocycles. The van der Waals surface area contributed by atoms with Gasteiger partial charge in [-0.15, -0.1) is 0 Å². The number of anilines is 1. The van der Waals surface area contributed by atoms with Crippen molar-refractivity contribution in [3.63, 3.8) is 0 Å². The van der Waals surface area contributed by atoms with Gasteiger partial charge < -0.3 is 25.6 Å². The molecule has 176 valence electrons. The summed E-state index contributed by atoms with van der Waals surface area (Å²) in [5.41, 5.74) is -3.21. The van der Waals surface area contributed by atoms with Crippen LogP contribution in [-0.4, -0.2) is 48.1 Å². The molecule has 0 bridgehead atoms. The molecule has 0 saturated heterocycles. The van der Waals surface area contributed by atoms with Crippen LogP contribution in [0.4, 0.5) is 18.9 Å². The van der Waals surface area contributed by atoms with E-state index in [2.05, 4.69) is 15.4 Å². The number of carbonyl (C=O) groups is 1. The van der Waals surface area contributed by atoms with E-state index >= 15 is 0 Å². The molecule has 0 spiro atoms. The number of nitrogens with one attached hydrogen (secondary N) is 2. The number of rotatable bonds is 10. The summed E-state index contributed by atoms with van der Waals surface area (Å²) in [4.78, 5) is 11.8. The lowest BCUT2D eigenvalue weighted by molar-refractivity contribution is -0.267. The smallest absolute Gasteiger partial charge is 0.432 e. The van der Waals surface area contributed by atoms with Crippen LogP contribution in [0.25, 0.3) is 0 Å². The van der Waals surface area contributed by atoms with E-state index in [1.165, 1.54) is 19.1 Å². The average molecular weight is 475 g/mol. The fourth-order valence-corrected chi connectivity index (χ4v) is 3.15. The molecule has 0 aliphatic rings. The number of ether oxygens (including phenoxy) is 1. The number of benzene rings is 2. The SMILES string of the molecule is CCOC(=O)C(O)(c1ccc(NC[C@@H](C)NC[C@H](O)c2cccc(Cl)c2)cc1)C(F)(F)F. The Hall–Kier alpha value is -2.33. The van der Waals surface area contributed by atoms with Crippen molar-refractivity contribution in [2.45, 2.75) is 37.8 Å². The van der Waals surface area contributed by atoms with E-state index in [4.69, 9.17) is 11.6 Å². The van der Waals surface area contributed by atoms with Gasteiger partial charge in [-0.25, -0.2) is 4.79 Å². The fraction of sp³-hybridized carbons (Fsp3) is 0.409. The van der Waals surface area contributed by atoms with Crippen LogP contribution >= 0.6 is 11.6 Å². The van der Waals surface area contributed by atoms with Crippen molar-refractivity contribution in [2.24, 2.45) is 0 Å². The number of aliphatic hydroxyl groups excluding tert-OH is 1. The molecule has 0 fully saturated rings. The minimum Gasteiger partial charge on any atom is -0.463 e. The number of hydrogen-bond acceptors (Lipinski definition) is 6. The summed E-state index contributed by atoms with van der Waals surface area (Å²) >= 11 is 5.92. The van der Waals surface area contributed by atoms with Gasteiger partial charge in [0.2, 0.25) is 0 Å². The van der Waals surface area contributed by atoms with Gasteiger partial charge in [0.15, 0.2) is 0 Å². The third-order valence-corrected chi connectivity index (χ3v) is 5.02. The maximum atomic E-state index is 13.4. The molecule has 3 atom stereocenters. The first kappa shape index (κ1) is 25.9. The summed E-state index contributed by atoms with van der Waals surface area (Å²) < 4.78 is 44.7. The number of aliphatic hydroxyl groups is 2. The van der Waals surface area contributed by atoms with Crippen molar-refractivity contribution < 1.29 is 32.9 Å². The van der Waals surface area contributed by atoms with Crippen LogP contribution in [0.5, 0.6) is 0 Å². The van der Waals surface area contributed by atoms with Crippen LogP contribution < -0.4 is 10.6 Å². The highest BCUT2D eigenvalue weighted by molar-refractivity contribution is 6.30. The van der Waals surface area contributed by atoms with Crippen molar-refractivity contribution >= 4 is 23.3 Å². The quantitative estimate of drug-likeness (QED) is 0.392. The zero-order valence-corrected chi connectivity index (χ0v) is 18.4. The zero-order chi connectivity index (χ0) is 23.9. The molecule has 1 unspecified atom stereocenters. The maximum absolute atomic E-state index is 13.4. The Morgan fingerprint density at radius 3 is 2.38 bits per heavy atom. The summed E-state index contributed by atoms with van der Waals surface area (Å²) in [7, 11) is 0. The first-order valence-electron chi connectivity index (χ1n) is 9.96. The molecule has 6 nitrogen and oxygen atoms in total. The molecule has 2 aromatic rings. The second-order valence-electron chi connectivity index (χ2n) is 7.27. The Balaban J connectivity index is 1.95. The van der Waals surface area contributed by atoms with E-state index in [1.807, 2.05) is 6.92 Å². The van der Waals surface area contributed by atoms with Crippen LogP contribution in [0.2, 0.25) is 5.02 Å². The number of halogens is 4. The molecule has 0 aromatic heterocycles. The summed E-state index contributed by atoms with van der Waals surface area (Å²) in [6.45, 7) is 3.61. The highest BCUT2D eigenvalue weighted by atomic mass is 35.5. The average Bonchev–Trinajstić information content (AvgIpc) is 2.75. The molecule has 0 saturated carbocycles. The van der Waals surface area contributed by atoms with Gasteiger partial charge in [0.1, 0.15) is 0 Å². The Bertz CT molecular complexity index is 895. The predicted molar refractivity (Wildman–Crippen MR) is 115 cm³/mol. The molecule has 0 heterocycles. The first-order chi connectivity index (χ1) is 15.0. The van der Waals surface area contributed by atoms with Crippen molar-refractivity contribution in [3.05, 3.63) is 64.7 Å². The molecule has 0 radical (unpaired) electrons. The largest absolute Gasteiger partial charge is 0.463 e. The summed E-state index contributed by atoms with van der Waals surface area (Å²) in [5, 5.41) is 27.1. The third-order valence-electron chi connectivity index (χ3n) is 4.79. The van der Waals surface area contributed by atoms with Crippen LogP contribution in [-0.2, 0) is 15.1 Å². The number of hydrogen-bond donors (Lipinski definition) is 4. The summed E-state index contributed by atoms with van der Waals surface area (Å²) in [5.74, 6) is -1.77.